The monoisotopic (exact) mass is 286 g/mol. The molecule has 0 saturated heterocycles. The molecule has 0 unspecified atom stereocenters. The third kappa shape index (κ3) is 2.65. The second kappa shape index (κ2) is 5.94. The number of nitrogens with zero attached hydrogens (tertiary/aromatic N) is 1. The molecule has 1 N–H and O–H groups in total. The van der Waals surface area contributed by atoms with Crippen LogP contribution in [0.25, 0.3) is 0 Å². The molecule has 1 aromatic carbocycles. The van der Waals surface area contributed by atoms with Gasteiger partial charge in [0.15, 0.2) is 0 Å². The molecule has 0 atom stereocenters. The molecule has 0 spiro atoms. The second-order valence-corrected chi connectivity index (χ2v) is 5.10. The predicted octanol–water partition coefficient (Wildman–Crippen LogP) is 3.54. The lowest BCUT2D eigenvalue weighted by Gasteiger charge is -2.17. The highest BCUT2D eigenvalue weighted by Gasteiger charge is 2.16. The van der Waals surface area contributed by atoms with Gasteiger partial charge in [-0.2, -0.15) is 0 Å². The van der Waals surface area contributed by atoms with E-state index in [9.17, 15) is 0 Å². The molecule has 4 heteroatoms. The van der Waals surface area contributed by atoms with Gasteiger partial charge in [0.2, 0.25) is 0 Å². The van der Waals surface area contributed by atoms with Crippen molar-refractivity contribution in [2.45, 2.75) is 34.1 Å². The van der Waals surface area contributed by atoms with Crippen molar-refractivity contribution in [3.8, 4) is 0 Å². The van der Waals surface area contributed by atoms with Crippen LogP contribution < -0.4 is 5.32 Å². The summed E-state index contributed by atoms with van der Waals surface area (Å²) in [6.45, 7) is 10.4. The highest BCUT2D eigenvalue weighted by atomic mass is 35.5. The van der Waals surface area contributed by atoms with Crippen LogP contribution in [-0.4, -0.2) is 18.9 Å². The lowest BCUT2D eigenvalue weighted by Crippen LogP contribution is -2.21. The van der Waals surface area contributed by atoms with Gasteiger partial charge in [0.05, 0.1) is 6.54 Å². The molecule has 2 rings (SSSR count). The second-order valence-electron chi connectivity index (χ2n) is 4.72. The number of hydrogen-bond acceptors (Lipinski definition) is 2. The van der Waals surface area contributed by atoms with Crippen molar-refractivity contribution in [1.29, 1.82) is 0 Å². The third-order valence-corrected chi connectivity index (χ3v) is 4.34. The van der Waals surface area contributed by atoms with Crippen LogP contribution in [0.5, 0.6) is 0 Å². The SMILES string of the molecule is Cc1c(C)c(CC2=NCCN2)c(C)c(C)c1Cl.Cl. The molecule has 0 radical (unpaired) electrons. The Labute approximate surface area is 120 Å². The maximum atomic E-state index is 6.33. The number of hydrogen-bond donors (Lipinski definition) is 1. The van der Waals surface area contributed by atoms with E-state index in [-0.39, 0.29) is 12.4 Å². The van der Waals surface area contributed by atoms with E-state index in [0.717, 1.165) is 30.4 Å². The van der Waals surface area contributed by atoms with Crippen molar-refractivity contribution in [2.24, 2.45) is 4.99 Å². The first-order chi connectivity index (χ1) is 8.02. The molecule has 0 bridgehead atoms. The molecule has 1 heterocycles. The maximum Gasteiger partial charge on any atom is 0.101 e. The van der Waals surface area contributed by atoms with Crippen molar-refractivity contribution < 1.29 is 0 Å². The van der Waals surface area contributed by atoms with Crippen LogP contribution in [0.15, 0.2) is 4.99 Å². The Morgan fingerprint density at radius 2 is 1.61 bits per heavy atom. The summed E-state index contributed by atoms with van der Waals surface area (Å²) in [5.74, 6) is 1.11. The van der Waals surface area contributed by atoms with Gasteiger partial charge < -0.3 is 5.32 Å². The minimum Gasteiger partial charge on any atom is -0.372 e. The number of nitrogens with one attached hydrogen (secondary N) is 1. The molecule has 0 fully saturated rings. The summed E-state index contributed by atoms with van der Waals surface area (Å²) in [5.41, 5.74) is 6.37. The molecule has 0 aromatic heterocycles. The Morgan fingerprint density at radius 1 is 1.06 bits per heavy atom. The zero-order valence-corrected chi connectivity index (χ0v) is 12.9. The number of rotatable bonds is 2. The highest BCUT2D eigenvalue weighted by Crippen LogP contribution is 2.30. The average Bonchev–Trinajstić information content (AvgIpc) is 2.82. The van der Waals surface area contributed by atoms with Crippen LogP contribution in [-0.2, 0) is 6.42 Å². The molecule has 2 nitrogen and oxygen atoms in total. The Kier molecular flexibility index (Phi) is 5.06. The first-order valence-electron chi connectivity index (χ1n) is 6.04. The van der Waals surface area contributed by atoms with Crippen LogP contribution in [0.3, 0.4) is 0 Å². The summed E-state index contributed by atoms with van der Waals surface area (Å²) < 4.78 is 0. The van der Waals surface area contributed by atoms with E-state index in [1.54, 1.807) is 0 Å². The maximum absolute atomic E-state index is 6.33. The van der Waals surface area contributed by atoms with Crippen LogP contribution in [0, 0.1) is 27.7 Å². The summed E-state index contributed by atoms with van der Waals surface area (Å²) in [6, 6.07) is 0. The smallest absolute Gasteiger partial charge is 0.101 e. The molecule has 1 aromatic rings. The van der Waals surface area contributed by atoms with E-state index in [2.05, 4.69) is 38.0 Å². The quantitative estimate of drug-likeness (QED) is 0.884. The predicted molar refractivity (Wildman–Crippen MR) is 81.7 cm³/mol. The standard InChI is InChI=1S/C14H19ClN2.ClH/c1-8-10(3)14(15)11(4)9(2)12(8)7-13-16-5-6-17-13;/h5-7H2,1-4H3,(H,16,17);1H. The van der Waals surface area contributed by atoms with Gasteiger partial charge >= 0.3 is 0 Å². The lowest BCUT2D eigenvalue weighted by molar-refractivity contribution is 0.951. The van der Waals surface area contributed by atoms with Gasteiger partial charge in [0.1, 0.15) is 5.84 Å². The molecule has 0 aliphatic carbocycles. The summed E-state index contributed by atoms with van der Waals surface area (Å²) in [7, 11) is 0. The molecule has 0 amide bonds. The fraction of sp³-hybridized carbons (Fsp3) is 0.500. The molecule has 100 valence electrons. The van der Waals surface area contributed by atoms with Gasteiger partial charge in [-0.3, -0.25) is 4.99 Å². The Bertz CT molecular complexity index is 464. The Balaban J connectivity index is 0.00000162. The molecule has 18 heavy (non-hydrogen) atoms. The van der Waals surface area contributed by atoms with Gasteiger partial charge in [0.25, 0.3) is 0 Å². The first-order valence-corrected chi connectivity index (χ1v) is 6.42. The number of halogens is 2. The van der Waals surface area contributed by atoms with Crippen molar-refractivity contribution in [3.63, 3.8) is 0 Å². The Hall–Kier alpha value is -0.730. The minimum atomic E-state index is 0. The summed E-state index contributed by atoms with van der Waals surface area (Å²) >= 11 is 6.33. The van der Waals surface area contributed by atoms with Gasteiger partial charge in [-0.15, -0.1) is 12.4 Å². The molecular weight excluding hydrogens is 267 g/mol. The van der Waals surface area contributed by atoms with E-state index >= 15 is 0 Å². The normalized spacial score (nSPS) is 13.9. The molecule has 1 aliphatic rings. The van der Waals surface area contributed by atoms with Crippen molar-refractivity contribution in [2.75, 3.05) is 13.1 Å². The summed E-state index contributed by atoms with van der Waals surface area (Å²) in [6.07, 6.45) is 0.899. The fourth-order valence-electron chi connectivity index (χ4n) is 2.34. The molecule has 0 saturated carbocycles. The summed E-state index contributed by atoms with van der Waals surface area (Å²) in [5, 5.41) is 4.24. The van der Waals surface area contributed by atoms with E-state index in [1.807, 2.05) is 0 Å². The van der Waals surface area contributed by atoms with Gasteiger partial charge in [-0.25, -0.2) is 0 Å². The van der Waals surface area contributed by atoms with E-state index in [0.29, 0.717) is 0 Å². The first kappa shape index (κ1) is 15.3. The van der Waals surface area contributed by atoms with Crippen molar-refractivity contribution in [3.05, 3.63) is 32.8 Å². The fourth-order valence-corrected chi connectivity index (χ4v) is 2.63. The number of benzene rings is 1. The van der Waals surface area contributed by atoms with Crippen LogP contribution >= 0.6 is 24.0 Å². The Morgan fingerprint density at radius 3 is 2.06 bits per heavy atom. The van der Waals surface area contributed by atoms with Crippen molar-refractivity contribution in [1.82, 2.24) is 5.32 Å². The average molecular weight is 287 g/mol. The largest absolute Gasteiger partial charge is 0.372 e. The van der Waals surface area contributed by atoms with E-state index in [1.165, 1.54) is 27.8 Å². The van der Waals surface area contributed by atoms with E-state index in [4.69, 9.17) is 11.6 Å². The zero-order chi connectivity index (χ0) is 12.6. The van der Waals surface area contributed by atoms with Crippen LogP contribution in [0.2, 0.25) is 5.02 Å². The number of amidine groups is 1. The molecule has 1 aliphatic heterocycles. The summed E-state index contributed by atoms with van der Waals surface area (Å²) in [4.78, 5) is 4.47. The van der Waals surface area contributed by atoms with Crippen LogP contribution in [0.1, 0.15) is 27.8 Å². The van der Waals surface area contributed by atoms with Crippen LogP contribution in [0.4, 0.5) is 0 Å². The topological polar surface area (TPSA) is 24.4 Å². The minimum absolute atomic E-state index is 0. The van der Waals surface area contributed by atoms with Gasteiger partial charge in [-0.1, -0.05) is 11.6 Å². The van der Waals surface area contributed by atoms with Gasteiger partial charge in [-0.05, 0) is 55.5 Å². The zero-order valence-electron chi connectivity index (χ0n) is 11.4. The lowest BCUT2D eigenvalue weighted by atomic mass is 9.92. The van der Waals surface area contributed by atoms with Crippen molar-refractivity contribution >= 4 is 29.8 Å². The third-order valence-electron chi connectivity index (χ3n) is 3.78. The highest BCUT2D eigenvalue weighted by molar-refractivity contribution is 6.32. The number of aliphatic imine (C=N–C) groups is 1. The van der Waals surface area contributed by atoms with E-state index < -0.39 is 0 Å². The van der Waals surface area contributed by atoms with Gasteiger partial charge in [0, 0.05) is 18.0 Å². The molecular formula is C14H20Cl2N2.